The van der Waals surface area contributed by atoms with Crippen molar-refractivity contribution >= 4 is 28.5 Å². The first-order chi connectivity index (χ1) is 21.6. The highest BCUT2D eigenvalue weighted by atomic mass is 16.4. The maximum atomic E-state index is 13.1. The van der Waals surface area contributed by atoms with Crippen LogP contribution in [0, 0.1) is 52.8 Å². The highest BCUT2D eigenvalue weighted by Gasteiger charge is 2.70. The van der Waals surface area contributed by atoms with E-state index in [4.69, 9.17) is 9.52 Å². The van der Waals surface area contributed by atoms with E-state index in [0.29, 0.717) is 52.8 Å². The van der Waals surface area contributed by atoms with Gasteiger partial charge in [0.2, 0.25) is 5.91 Å². The Hall–Kier alpha value is -2.75. The second-order valence-corrected chi connectivity index (χ2v) is 16.0. The van der Waals surface area contributed by atoms with Crippen molar-refractivity contribution in [1.29, 1.82) is 0 Å². The summed E-state index contributed by atoms with van der Waals surface area (Å²) in [5.41, 5.74) is 0.334. The maximum absolute atomic E-state index is 13.1. The van der Waals surface area contributed by atoms with Crippen LogP contribution in [0.3, 0.4) is 0 Å². The third kappa shape index (κ3) is 5.12. The van der Waals surface area contributed by atoms with Gasteiger partial charge >= 0.3 is 11.6 Å². The van der Waals surface area contributed by atoms with Crippen LogP contribution in [-0.4, -0.2) is 50.6 Å². The largest absolute Gasteiger partial charge is 0.481 e. The van der Waals surface area contributed by atoms with E-state index in [-0.39, 0.29) is 34.1 Å². The monoisotopic (exact) mass is 637 g/mol. The summed E-state index contributed by atoms with van der Waals surface area (Å²) in [5, 5.41) is 46.4. The fourth-order valence-corrected chi connectivity index (χ4v) is 11.5. The van der Waals surface area contributed by atoms with E-state index < -0.39 is 41.7 Å². The van der Waals surface area contributed by atoms with E-state index in [1.165, 1.54) is 0 Å². The van der Waals surface area contributed by atoms with E-state index in [1.54, 1.807) is 25.1 Å². The van der Waals surface area contributed by atoms with Crippen LogP contribution in [0.5, 0.6) is 0 Å². The molecule has 2 aromatic rings. The predicted octanol–water partition coefficient (Wildman–Crippen LogP) is 5.43. The highest BCUT2D eigenvalue weighted by molar-refractivity contribution is 5.94. The Morgan fingerprint density at radius 1 is 1.02 bits per heavy atom. The lowest BCUT2D eigenvalue weighted by atomic mass is 9.38. The van der Waals surface area contributed by atoms with Gasteiger partial charge in [-0.15, -0.1) is 0 Å². The number of aryl methyl sites for hydroxylation is 1. The molecule has 0 bridgehead atoms. The van der Waals surface area contributed by atoms with Crippen LogP contribution in [0.15, 0.2) is 27.4 Å². The number of nitrogens with one attached hydrogen (secondary N) is 1. The number of hydrogen-bond acceptors (Lipinski definition) is 7. The van der Waals surface area contributed by atoms with Crippen molar-refractivity contribution in [3.8, 4) is 0 Å². The number of anilines is 1. The van der Waals surface area contributed by atoms with E-state index in [0.717, 1.165) is 44.9 Å². The van der Waals surface area contributed by atoms with Crippen molar-refractivity contribution in [2.45, 2.75) is 117 Å². The number of amides is 1. The molecule has 1 aromatic carbocycles. The van der Waals surface area contributed by atoms with Crippen LogP contribution in [-0.2, 0) is 16.0 Å². The molecule has 4 saturated carbocycles. The molecule has 11 atom stereocenters. The maximum Gasteiger partial charge on any atom is 0.340 e. The highest BCUT2D eigenvalue weighted by Crippen LogP contribution is 2.73. The fourth-order valence-electron chi connectivity index (χ4n) is 11.5. The standard InChI is InChI=1S/C37H51NO8/c1-19(6-11-30(40)38-21-7-8-23-20(2)24(18-31(41)42)34(45)46-27(23)16-21)25-9-10-28-35(25,3)15-13-29-36(4)14-12-22(39)17-26(36)32(43)33(44)37(28,29)5/h7-8,16,19,22,25-26,28-29,32-33,39,43-44H,6,9-15,17-18H2,1-5H3,(H,38,40)(H,41,42)/t19-,22-,25-,26+,28-,29-,32?,33?,35-,36+,37+/m1/s1. The minimum atomic E-state index is -1.10. The number of aliphatic hydroxyl groups excluding tert-OH is 3. The van der Waals surface area contributed by atoms with Gasteiger partial charge in [-0.3, -0.25) is 9.59 Å². The lowest BCUT2D eigenvalue weighted by Gasteiger charge is -2.68. The van der Waals surface area contributed by atoms with E-state index in [2.05, 4.69) is 33.0 Å². The van der Waals surface area contributed by atoms with Crippen LogP contribution in [0.2, 0.25) is 0 Å². The zero-order chi connectivity index (χ0) is 33.3. The molecule has 0 radical (unpaired) electrons. The molecule has 9 nitrogen and oxygen atoms in total. The Balaban J connectivity index is 1.13. The molecule has 46 heavy (non-hydrogen) atoms. The molecule has 0 aliphatic heterocycles. The number of carbonyl (C=O) groups is 2. The van der Waals surface area contributed by atoms with Crippen molar-refractivity contribution in [3.05, 3.63) is 39.7 Å². The SMILES string of the molecule is Cc1c(CC(=O)O)c(=O)oc2cc(NC(=O)CC[C@@H](C)[C@H]3CC[C@@H]4[C@]3(C)CC[C@@H]3[C@@]5(C)CC[C@@H](O)C[C@H]5C(O)C(O)[C@@]43C)ccc12. The lowest BCUT2D eigenvalue weighted by Crippen LogP contribution is -2.69. The van der Waals surface area contributed by atoms with E-state index in [9.17, 15) is 29.7 Å². The fraction of sp³-hybridized carbons (Fsp3) is 0.703. The van der Waals surface area contributed by atoms with Gasteiger partial charge in [-0.1, -0.05) is 27.7 Å². The first-order valence-corrected chi connectivity index (χ1v) is 17.2. The molecule has 1 amide bonds. The van der Waals surface area contributed by atoms with Crippen LogP contribution in [0.25, 0.3) is 11.0 Å². The van der Waals surface area contributed by atoms with Crippen molar-refractivity contribution < 1.29 is 34.4 Å². The Labute approximate surface area is 270 Å². The van der Waals surface area contributed by atoms with Crippen molar-refractivity contribution in [2.24, 2.45) is 45.8 Å². The summed E-state index contributed by atoms with van der Waals surface area (Å²) < 4.78 is 5.41. The van der Waals surface area contributed by atoms with Crippen LogP contribution >= 0.6 is 0 Å². The van der Waals surface area contributed by atoms with Gasteiger partial charge in [0.25, 0.3) is 0 Å². The third-order valence-corrected chi connectivity index (χ3v) is 13.9. The summed E-state index contributed by atoms with van der Waals surface area (Å²) in [4.78, 5) is 36.7. The molecular formula is C37H51NO8. The molecule has 9 heteroatoms. The number of benzene rings is 1. The molecule has 5 N–H and O–H groups in total. The molecule has 0 spiro atoms. The summed E-state index contributed by atoms with van der Waals surface area (Å²) >= 11 is 0. The average Bonchev–Trinajstić information content (AvgIpc) is 3.36. The summed E-state index contributed by atoms with van der Waals surface area (Å²) in [6.45, 7) is 10.9. The summed E-state index contributed by atoms with van der Waals surface area (Å²) in [6, 6.07) is 5.09. The third-order valence-electron chi connectivity index (χ3n) is 13.9. The smallest absolute Gasteiger partial charge is 0.340 e. The molecule has 1 heterocycles. The molecule has 252 valence electrons. The first kappa shape index (κ1) is 33.2. The number of carbonyl (C=O) groups excluding carboxylic acids is 1. The Morgan fingerprint density at radius 3 is 2.43 bits per heavy atom. The van der Waals surface area contributed by atoms with Crippen molar-refractivity contribution in [2.75, 3.05) is 5.32 Å². The van der Waals surface area contributed by atoms with Crippen molar-refractivity contribution in [1.82, 2.24) is 0 Å². The number of aliphatic carboxylic acids is 1. The zero-order valence-corrected chi connectivity index (χ0v) is 27.8. The van der Waals surface area contributed by atoms with Crippen LogP contribution in [0.1, 0.15) is 96.6 Å². The number of fused-ring (bicyclic) bond motifs is 6. The second-order valence-electron chi connectivity index (χ2n) is 16.0. The predicted molar refractivity (Wildman–Crippen MR) is 174 cm³/mol. The molecule has 4 aliphatic rings. The normalized spacial score (nSPS) is 39.3. The van der Waals surface area contributed by atoms with Gasteiger partial charge in [0.15, 0.2) is 0 Å². The van der Waals surface area contributed by atoms with Gasteiger partial charge in [-0.2, -0.15) is 0 Å². The average molecular weight is 638 g/mol. The number of carboxylic acids is 1. The lowest BCUT2D eigenvalue weighted by molar-refractivity contribution is -0.265. The van der Waals surface area contributed by atoms with E-state index in [1.807, 2.05) is 0 Å². The van der Waals surface area contributed by atoms with Crippen LogP contribution < -0.4 is 10.9 Å². The molecule has 6 rings (SSSR count). The minimum absolute atomic E-state index is 0.00641. The Bertz CT molecular complexity index is 1580. The topological polar surface area (TPSA) is 157 Å². The summed E-state index contributed by atoms with van der Waals surface area (Å²) in [6.07, 6.45) is 4.95. The molecule has 4 aliphatic carbocycles. The zero-order valence-electron chi connectivity index (χ0n) is 27.8. The first-order valence-electron chi connectivity index (χ1n) is 17.2. The molecule has 1 aromatic heterocycles. The Morgan fingerprint density at radius 2 is 1.72 bits per heavy atom. The van der Waals surface area contributed by atoms with Gasteiger partial charge < -0.3 is 30.2 Å². The van der Waals surface area contributed by atoms with Gasteiger partial charge in [-0.05, 0) is 116 Å². The van der Waals surface area contributed by atoms with Gasteiger partial charge in [0.1, 0.15) is 5.58 Å². The summed E-state index contributed by atoms with van der Waals surface area (Å²) in [5.74, 6) is -0.0223. The van der Waals surface area contributed by atoms with Gasteiger partial charge in [0.05, 0.1) is 30.3 Å². The summed E-state index contributed by atoms with van der Waals surface area (Å²) in [7, 11) is 0. The number of carboxylic acid groups (broad SMARTS) is 1. The number of aliphatic hydroxyl groups is 3. The Kier molecular flexibility index (Phi) is 8.46. The number of rotatable bonds is 7. The minimum Gasteiger partial charge on any atom is -0.481 e. The van der Waals surface area contributed by atoms with Gasteiger partial charge in [-0.25, -0.2) is 4.79 Å². The van der Waals surface area contributed by atoms with Gasteiger partial charge in [0, 0.05) is 29.0 Å². The molecule has 2 unspecified atom stereocenters. The van der Waals surface area contributed by atoms with Crippen LogP contribution in [0.4, 0.5) is 5.69 Å². The molecule has 0 saturated heterocycles. The number of hydrogen-bond donors (Lipinski definition) is 5. The quantitative estimate of drug-likeness (QED) is 0.252. The second kappa shape index (κ2) is 11.7. The molecular weight excluding hydrogens is 586 g/mol. The molecule has 4 fully saturated rings. The van der Waals surface area contributed by atoms with Crippen molar-refractivity contribution in [3.63, 3.8) is 0 Å². The van der Waals surface area contributed by atoms with E-state index >= 15 is 0 Å².